The molecule has 6 rings (SSSR count). The van der Waals surface area contributed by atoms with E-state index in [9.17, 15) is 9.18 Å². The number of aliphatic hydroxyl groups excluding tert-OH is 1. The molecule has 0 radical (unpaired) electrons. The van der Waals surface area contributed by atoms with E-state index in [-0.39, 0.29) is 32.0 Å². The van der Waals surface area contributed by atoms with Crippen molar-refractivity contribution >= 4 is 11.8 Å². The summed E-state index contributed by atoms with van der Waals surface area (Å²) < 4.78 is 26.9. The van der Waals surface area contributed by atoms with Gasteiger partial charge in [-0.05, 0) is 63.7 Å². The molecule has 0 spiro atoms. The van der Waals surface area contributed by atoms with Gasteiger partial charge in [0.25, 0.3) is 5.91 Å². The fraction of sp³-hybridized carbons (Fsp3) is 0.200. The van der Waals surface area contributed by atoms with Crippen LogP contribution in [0.5, 0.6) is 5.75 Å². The third-order valence-corrected chi connectivity index (χ3v) is 8.67. The van der Waals surface area contributed by atoms with Crippen molar-refractivity contribution in [3.05, 3.63) is 171 Å². The van der Waals surface area contributed by atoms with Gasteiger partial charge >= 0.3 is 0 Å². The molecule has 0 aromatic heterocycles. The van der Waals surface area contributed by atoms with Gasteiger partial charge in [0, 0.05) is 42.0 Å². The molecule has 3 N–H and O–H groups in total. The van der Waals surface area contributed by atoms with Crippen LogP contribution in [0.4, 0.5) is 4.39 Å². The lowest BCUT2D eigenvalue weighted by molar-refractivity contribution is -0.130. The third-order valence-electron chi connectivity index (χ3n) is 8.67. The number of nitrogens with one attached hydrogen (secondary N) is 2. The molecule has 1 amide bonds. The maximum absolute atomic E-state index is 14.6. The fourth-order valence-electron chi connectivity index (χ4n) is 6.02. The number of rotatable bonds is 15. The number of azide groups is 1. The zero-order chi connectivity index (χ0) is 35.5. The smallest absolute Gasteiger partial charge is 0.266 e. The first-order chi connectivity index (χ1) is 25.0. The number of carbonyl (C=O) groups excluding carboxylic acids is 1. The van der Waals surface area contributed by atoms with Gasteiger partial charge in [0.2, 0.25) is 5.90 Å². The number of benzene rings is 5. The second-order valence-corrected chi connectivity index (χ2v) is 12.0. The van der Waals surface area contributed by atoms with E-state index < -0.39 is 23.4 Å². The lowest BCUT2D eigenvalue weighted by atomic mass is 9.80. The molecule has 5 aromatic carbocycles. The van der Waals surface area contributed by atoms with E-state index in [1.165, 1.54) is 6.07 Å². The minimum absolute atomic E-state index is 0.0295. The van der Waals surface area contributed by atoms with E-state index in [2.05, 4.69) is 20.9 Å². The Morgan fingerprint density at radius 2 is 1.51 bits per heavy atom. The number of amides is 1. The SMILES string of the molecule is [N-]=[N+]=NCc1ccccc1C[C@]1(C(=O)NNCc2ccccc2F)N=C(c2ccc(OCCCO)cc2)O[C@H]1c1ccc(-c2ccccc2)cc1. The van der Waals surface area contributed by atoms with Gasteiger partial charge in [0.1, 0.15) is 11.6 Å². The Labute approximate surface area is 295 Å². The lowest BCUT2D eigenvalue weighted by Crippen LogP contribution is -2.53. The molecule has 1 aliphatic rings. The predicted molar refractivity (Wildman–Crippen MR) is 193 cm³/mol. The Morgan fingerprint density at radius 1 is 0.863 bits per heavy atom. The largest absolute Gasteiger partial charge is 0.494 e. The summed E-state index contributed by atoms with van der Waals surface area (Å²) in [6, 6.07) is 38.8. The minimum atomic E-state index is -1.56. The number of aliphatic imine (C=N–C) groups is 1. The summed E-state index contributed by atoms with van der Waals surface area (Å²) in [5, 5.41) is 12.9. The number of hydrogen-bond donors (Lipinski definition) is 3. The molecule has 0 unspecified atom stereocenters. The summed E-state index contributed by atoms with van der Waals surface area (Å²) in [5.41, 5.74) is 18.5. The number of carbonyl (C=O) groups is 1. The highest BCUT2D eigenvalue weighted by Gasteiger charge is 2.53. The number of hydrazine groups is 1. The average molecular weight is 685 g/mol. The summed E-state index contributed by atoms with van der Waals surface area (Å²) in [6.07, 6.45) is -0.291. The Kier molecular flexibility index (Phi) is 11.3. The van der Waals surface area contributed by atoms with Crippen LogP contribution in [-0.2, 0) is 29.0 Å². The number of hydrogen-bond acceptors (Lipinski definition) is 7. The summed E-state index contributed by atoms with van der Waals surface area (Å²) >= 11 is 0. The minimum Gasteiger partial charge on any atom is -0.494 e. The zero-order valence-corrected chi connectivity index (χ0v) is 27.8. The van der Waals surface area contributed by atoms with E-state index in [1.807, 2.05) is 91.0 Å². The molecular formula is C40H37FN6O4. The first-order valence-corrected chi connectivity index (χ1v) is 16.6. The van der Waals surface area contributed by atoms with Crippen molar-refractivity contribution < 1.29 is 23.8 Å². The second kappa shape index (κ2) is 16.6. The highest BCUT2D eigenvalue weighted by atomic mass is 19.1. The van der Waals surface area contributed by atoms with Gasteiger partial charge in [-0.1, -0.05) is 102 Å². The van der Waals surface area contributed by atoms with Crippen LogP contribution in [0.2, 0.25) is 0 Å². The fourth-order valence-corrected chi connectivity index (χ4v) is 6.02. The van der Waals surface area contributed by atoms with Gasteiger partial charge in [0.05, 0.1) is 13.2 Å². The molecular weight excluding hydrogens is 647 g/mol. The second-order valence-electron chi connectivity index (χ2n) is 12.0. The molecule has 0 saturated heterocycles. The summed E-state index contributed by atoms with van der Waals surface area (Å²) in [4.78, 5) is 22.7. The van der Waals surface area contributed by atoms with Crippen LogP contribution in [0, 0.1) is 5.82 Å². The van der Waals surface area contributed by atoms with E-state index in [0.29, 0.717) is 35.5 Å². The van der Waals surface area contributed by atoms with E-state index >= 15 is 0 Å². The van der Waals surface area contributed by atoms with E-state index in [4.69, 9.17) is 25.1 Å². The highest BCUT2D eigenvalue weighted by Crippen LogP contribution is 2.43. The van der Waals surface area contributed by atoms with Gasteiger partial charge < -0.3 is 14.6 Å². The molecule has 5 aromatic rings. The molecule has 258 valence electrons. The Balaban J connectivity index is 1.42. The molecule has 0 fully saturated rings. The van der Waals surface area contributed by atoms with E-state index in [1.54, 1.807) is 30.3 Å². The van der Waals surface area contributed by atoms with Crippen LogP contribution in [0.1, 0.15) is 40.3 Å². The van der Waals surface area contributed by atoms with Gasteiger partial charge in [-0.25, -0.2) is 14.8 Å². The van der Waals surface area contributed by atoms with Crippen molar-refractivity contribution in [2.45, 2.75) is 37.6 Å². The summed E-state index contributed by atoms with van der Waals surface area (Å²) in [6.45, 7) is 0.517. The van der Waals surface area contributed by atoms with Crippen molar-refractivity contribution in [1.29, 1.82) is 0 Å². The molecule has 10 nitrogen and oxygen atoms in total. The topological polar surface area (TPSA) is 141 Å². The lowest BCUT2D eigenvalue weighted by Gasteiger charge is -2.31. The van der Waals surface area contributed by atoms with Crippen LogP contribution in [0.15, 0.2) is 138 Å². The van der Waals surface area contributed by atoms with Gasteiger partial charge in [-0.3, -0.25) is 10.2 Å². The van der Waals surface area contributed by atoms with Gasteiger partial charge in [-0.2, -0.15) is 0 Å². The summed E-state index contributed by atoms with van der Waals surface area (Å²) in [5.74, 6) is -0.0165. The van der Waals surface area contributed by atoms with Crippen molar-refractivity contribution in [1.82, 2.24) is 10.9 Å². The normalized spacial score (nSPS) is 16.4. The Hall–Kier alpha value is -6.00. The Bertz CT molecular complexity index is 2020. The molecule has 0 bridgehead atoms. The van der Waals surface area contributed by atoms with Crippen LogP contribution < -0.4 is 15.6 Å². The highest BCUT2D eigenvalue weighted by molar-refractivity contribution is 6.01. The van der Waals surface area contributed by atoms with Crippen molar-refractivity contribution in [2.75, 3.05) is 13.2 Å². The zero-order valence-electron chi connectivity index (χ0n) is 27.8. The van der Waals surface area contributed by atoms with Crippen LogP contribution >= 0.6 is 0 Å². The Morgan fingerprint density at radius 3 is 2.22 bits per heavy atom. The van der Waals surface area contributed by atoms with Crippen LogP contribution in [0.25, 0.3) is 21.6 Å². The van der Waals surface area contributed by atoms with Crippen LogP contribution in [-0.4, -0.2) is 35.7 Å². The molecule has 0 saturated carbocycles. The van der Waals surface area contributed by atoms with Crippen molar-refractivity contribution in [2.24, 2.45) is 10.1 Å². The summed E-state index contributed by atoms with van der Waals surface area (Å²) in [7, 11) is 0. The van der Waals surface area contributed by atoms with Crippen molar-refractivity contribution in [3.8, 4) is 16.9 Å². The third kappa shape index (κ3) is 8.25. The first-order valence-electron chi connectivity index (χ1n) is 16.6. The quantitative estimate of drug-likeness (QED) is 0.0347. The monoisotopic (exact) mass is 684 g/mol. The molecule has 2 atom stereocenters. The predicted octanol–water partition coefficient (Wildman–Crippen LogP) is 7.38. The number of nitrogens with zero attached hydrogens (tertiary/aromatic N) is 4. The average Bonchev–Trinajstić information content (AvgIpc) is 3.56. The van der Waals surface area contributed by atoms with E-state index in [0.717, 1.165) is 22.3 Å². The standard InChI is InChI=1S/C40H37FN6O4/c41-36-14-7-6-13-34(36)27-43-46-39(49)40(25-32-11-4-5-12-33(32)26-44-47-42)37(30-17-15-29(16-18-30)28-9-2-1-3-10-28)51-38(45-40)31-19-21-35(22-20-31)50-24-8-23-48/h1-7,9-22,37,43,48H,8,23-27H2,(H,46,49)/t37-,40-/m0/s1. The number of ether oxygens (including phenoxy) is 2. The molecule has 1 aliphatic heterocycles. The number of halogens is 1. The first kappa shape index (κ1) is 34.8. The van der Waals surface area contributed by atoms with Gasteiger partial charge in [-0.15, -0.1) is 0 Å². The molecule has 1 heterocycles. The van der Waals surface area contributed by atoms with Crippen molar-refractivity contribution in [3.63, 3.8) is 0 Å². The maximum Gasteiger partial charge on any atom is 0.266 e. The molecule has 0 aliphatic carbocycles. The molecule has 11 heteroatoms. The molecule has 51 heavy (non-hydrogen) atoms. The maximum atomic E-state index is 14.6. The van der Waals surface area contributed by atoms with Gasteiger partial charge in [0.15, 0.2) is 11.6 Å². The van der Waals surface area contributed by atoms with Crippen LogP contribution in [0.3, 0.4) is 0 Å². The number of aliphatic hydroxyl groups is 1.